The Bertz CT molecular complexity index is 1050. The normalized spacial score (nSPS) is 10.9. The summed E-state index contributed by atoms with van der Waals surface area (Å²) in [6.45, 7) is 0.0485. The fourth-order valence-corrected chi connectivity index (χ4v) is 2.36. The van der Waals surface area contributed by atoms with Gasteiger partial charge in [-0.05, 0) is 46.8 Å². The van der Waals surface area contributed by atoms with Crippen molar-refractivity contribution in [2.75, 3.05) is 0 Å². The maximum atomic E-state index is 13.0. The Morgan fingerprint density at radius 2 is 1.76 bits per heavy atom. The molecule has 4 rings (SSSR count). The van der Waals surface area contributed by atoms with Crippen molar-refractivity contribution in [1.29, 1.82) is 0 Å². The number of rotatable bonds is 4. The van der Waals surface area contributed by atoms with Gasteiger partial charge in [-0.25, -0.2) is 14.2 Å². The van der Waals surface area contributed by atoms with Gasteiger partial charge in [0, 0.05) is 5.56 Å². The van der Waals surface area contributed by atoms with Crippen molar-refractivity contribution < 1.29 is 8.81 Å². The highest BCUT2D eigenvalue weighted by Crippen LogP contribution is 2.20. The van der Waals surface area contributed by atoms with Crippen LogP contribution in [0, 0.1) is 5.82 Å². The van der Waals surface area contributed by atoms with Crippen LogP contribution in [0.1, 0.15) is 5.89 Å². The van der Waals surface area contributed by atoms with Gasteiger partial charge in [0.05, 0.1) is 11.9 Å². The van der Waals surface area contributed by atoms with E-state index in [1.54, 1.807) is 24.3 Å². The smallest absolute Gasteiger partial charge is 0.368 e. The second-order valence-corrected chi connectivity index (χ2v) is 5.29. The molecule has 0 atom stereocenters. The fourth-order valence-electron chi connectivity index (χ4n) is 2.36. The molecule has 0 unspecified atom stereocenters. The van der Waals surface area contributed by atoms with E-state index in [4.69, 9.17) is 4.42 Å². The van der Waals surface area contributed by atoms with Gasteiger partial charge in [-0.15, -0.1) is 0 Å². The van der Waals surface area contributed by atoms with Gasteiger partial charge in [0.25, 0.3) is 0 Å². The maximum Gasteiger partial charge on any atom is 0.368 e. The molecular weight excluding hydrogens is 325 g/mol. The van der Waals surface area contributed by atoms with E-state index in [1.807, 2.05) is 18.2 Å². The van der Waals surface area contributed by atoms with E-state index in [0.717, 1.165) is 4.68 Å². The number of nitrogens with zero attached hydrogens (tertiary/aromatic N) is 5. The summed E-state index contributed by atoms with van der Waals surface area (Å²) in [4.78, 5) is 16.5. The Morgan fingerprint density at radius 1 is 1.00 bits per heavy atom. The van der Waals surface area contributed by atoms with Gasteiger partial charge in [-0.2, -0.15) is 9.36 Å². The molecule has 0 aliphatic rings. The summed E-state index contributed by atoms with van der Waals surface area (Å²) in [6, 6.07) is 14.9. The zero-order valence-corrected chi connectivity index (χ0v) is 12.9. The molecule has 2 aromatic carbocycles. The van der Waals surface area contributed by atoms with Crippen LogP contribution in [-0.4, -0.2) is 24.8 Å². The van der Waals surface area contributed by atoms with E-state index in [1.165, 1.54) is 23.0 Å². The summed E-state index contributed by atoms with van der Waals surface area (Å²) in [7, 11) is 0. The number of aromatic nitrogens is 5. The van der Waals surface area contributed by atoms with Crippen LogP contribution in [0.25, 0.3) is 17.0 Å². The third-order valence-corrected chi connectivity index (χ3v) is 3.61. The molecule has 2 aromatic heterocycles. The monoisotopic (exact) mass is 337 g/mol. The van der Waals surface area contributed by atoms with Crippen molar-refractivity contribution in [3.05, 3.63) is 83.0 Å². The first-order chi connectivity index (χ1) is 12.2. The van der Waals surface area contributed by atoms with Gasteiger partial charge in [0.1, 0.15) is 12.4 Å². The molecule has 0 spiro atoms. The van der Waals surface area contributed by atoms with E-state index >= 15 is 0 Å². The highest BCUT2D eigenvalue weighted by Gasteiger charge is 2.12. The van der Waals surface area contributed by atoms with Crippen LogP contribution in [0.3, 0.4) is 0 Å². The number of hydrogen-bond acceptors (Lipinski definition) is 5. The molecule has 0 bridgehead atoms. The first kappa shape index (κ1) is 15.0. The molecule has 0 amide bonds. The van der Waals surface area contributed by atoms with Crippen molar-refractivity contribution in [3.63, 3.8) is 0 Å². The van der Waals surface area contributed by atoms with E-state index in [-0.39, 0.29) is 12.4 Å². The van der Waals surface area contributed by atoms with Crippen molar-refractivity contribution >= 4 is 0 Å². The summed E-state index contributed by atoms with van der Waals surface area (Å²) in [6.07, 6.45) is 1.52. The molecule has 0 N–H and O–H groups in total. The molecule has 0 radical (unpaired) electrons. The van der Waals surface area contributed by atoms with Crippen LogP contribution in [0.5, 0.6) is 0 Å². The lowest BCUT2D eigenvalue weighted by Crippen LogP contribution is -2.24. The first-order valence-corrected chi connectivity index (χ1v) is 7.49. The Kier molecular flexibility index (Phi) is 3.70. The van der Waals surface area contributed by atoms with Crippen LogP contribution in [-0.2, 0) is 6.54 Å². The minimum atomic E-state index is -0.396. The predicted octanol–water partition coefficient (Wildman–Crippen LogP) is 2.27. The minimum Gasteiger partial charge on any atom is -0.439 e. The van der Waals surface area contributed by atoms with Gasteiger partial charge in [-0.1, -0.05) is 18.2 Å². The van der Waals surface area contributed by atoms with Crippen molar-refractivity contribution in [2.24, 2.45) is 0 Å². The number of oxazole rings is 1. The highest BCUT2D eigenvalue weighted by atomic mass is 19.1. The van der Waals surface area contributed by atoms with Gasteiger partial charge >= 0.3 is 5.69 Å². The maximum absolute atomic E-state index is 13.0. The standard InChI is InChI=1S/C17H12FN5O2/c18-13-8-6-12(7-9-13)15-10-19-16(25-15)11-22-17(24)23(21-20-22)14-4-2-1-3-5-14/h1-10H,11H2. The quantitative estimate of drug-likeness (QED) is 0.571. The summed E-state index contributed by atoms with van der Waals surface area (Å²) in [5, 5.41) is 7.71. The molecule has 0 aliphatic carbocycles. The molecule has 7 nitrogen and oxygen atoms in total. The third kappa shape index (κ3) is 2.97. The van der Waals surface area contributed by atoms with Crippen LogP contribution in [0.2, 0.25) is 0 Å². The topological polar surface area (TPSA) is 78.7 Å². The molecule has 0 saturated heterocycles. The Hall–Kier alpha value is -3.55. The van der Waals surface area contributed by atoms with E-state index in [2.05, 4.69) is 15.4 Å². The Balaban J connectivity index is 1.59. The summed E-state index contributed by atoms with van der Waals surface area (Å²) in [5.41, 5.74) is 0.923. The second kappa shape index (κ2) is 6.16. The minimum absolute atomic E-state index is 0.0485. The average Bonchev–Trinajstić information content (AvgIpc) is 3.24. The first-order valence-electron chi connectivity index (χ1n) is 7.49. The van der Waals surface area contributed by atoms with E-state index < -0.39 is 5.69 Å². The highest BCUT2D eigenvalue weighted by molar-refractivity contribution is 5.55. The largest absolute Gasteiger partial charge is 0.439 e. The van der Waals surface area contributed by atoms with Crippen LogP contribution in [0.4, 0.5) is 4.39 Å². The van der Waals surface area contributed by atoms with E-state index in [0.29, 0.717) is 22.9 Å². The van der Waals surface area contributed by atoms with Crippen molar-refractivity contribution in [2.45, 2.75) is 6.54 Å². The molecule has 124 valence electrons. The number of benzene rings is 2. The molecular formula is C17H12FN5O2. The Labute approximate surface area is 141 Å². The van der Waals surface area contributed by atoms with Gasteiger partial charge < -0.3 is 4.42 Å². The van der Waals surface area contributed by atoms with Gasteiger partial charge in [-0.3, -0.25) is 0 Å². The molecule has 0 saturated carbocycles. The van der Waals surface area contributed by atoms with Gasteiger partial charge in [0.2, 0.25) is 5.89 Å². The molecule has 25 heavy (non-hydrogen) atoms. The lowest BCUT2D eigenvalue weighted by atomic mass is 10.2. The molecule has 0 aliphatic heterocycles. The van der Waals surface area contributed by atoms with E-state index in [9.17, 15) is 9.18 Å². The van der Waals surface area contributed by atoms with Crippen LogP contribution < -0.4 is 5.69 Å². The third-order valence-electron chi connectivity index (χ3n) is 3.61. The molecule has 2 heterocycles. The second-order valence-electron chi connectivity index (χ2n) is 5.29. The summed E-state index contributed by atoms with van der Waals surface area (Å²) < 4.78 is 21.0. The zero-order valence-electron chi connectivity index (χ0n) is 12.9. The predicted molar refractivity (Wildman–Crippen MR) is 86.6 cm³/mol. The van der Waals surface area contributed by atoms with Crippen molar-refractivity contribution in [3.8, 4) is 17.0 Å². The average molecular weight is 337 g/mol. The molecule has 0 fully saturated rings. The fraction of sp³-hybridized carbons (Fsp3) is 0.0588. The molecule has 4 aromatic rings. The number of tetrazole rings is 1. The summed E-state index contributed by atoms with van der Waals surface area (Å²) >= 11 is 0. The number of hydrogen-bond donors (Lipinski definition) is 0. The number of halogens is 1. The Morgan fingerprint density at radius 3 is 2.52 bits per heavy atom. The summed E-state index contributed by atoms with van der Waals surface area (Å²) in [5.74, 6) is 0.465. The zero-order chi connectivity index (χ0) is 17.2. The lowest BCUT2D eigenvalue weighted by Gasteiger charge is -1.97. The van der Waals surface area contributed by atoms with Crippen molar-refractivity contribution in [1.82, 2.24) is 24.8 Å². The SMILES string of the molecule is O=c1n(Cc2ncc(-c3ccc(F)cc3)o2)nnn1-c1ccccc1. The van der Waals surface area contributed by atoms with Crippen LogP contribution >= 0.6 is 0 Å². The van der Waals surface area contributed by atoms with Crippen LogP contribution in [0.15, 0.2) is 70.0 Å². The lowest BCUT2D eigenvalue weighted by molar-refractivity contribution is 0.464. The molecule has 8 heteroatoms. The number of para-hydroxylation sites is 1. The van der Waals surface area contributed by atoms with Gasteiger partial charge in [0.15, 0.2) is 5.76 Å².